The van der Waals surface area contributed by atoms with E-state index in [0.29, 0.717) is 0 Å². The van der Waals surface area contributed by atoms with Gasteiger partial charge in [0.15, 0.2) is 0 Å². The van der Waals surface area contributed by atoms with Gasteiger partial charge < -0.3 is 14.4 Å². The molecule has 3 aromatic carbocycles. The highest BCUT2D eigenvalue weighted by atomic mass is 15.2. The van der Waals surface area contributed by atoms with E-state index in [9.17, 15) is 0 Å². The first-order valence-electron chi connectivity index (χ1n) is 10.3. The van der Waals surface area contributed by atoms with Crippen LogP contribution in [0.25, 0.3) is 22.4 Å². The van der Waals surface area contributed by atoms with E-state index in [1.54, 1.807) is 0 Å². The molecule has 29 heavy (non-hydrogen) atoms. The van der Waals surface area contributed by atoms with E-state index in [1.165, 1.54) is 16.8 Å². The second-order valence-electron chi connectivity index (χ2n) is 7.84. The minimum atomic E-state index is 0.812. The number of hydrogen-bond donors (Lipinski definition) is 0. The first kappa shape index (κ1) is 18.0. The van der Waals surface area contributed by atoms with Gasteiger partial charge in [-0.3, -0.25) is 0 Å². The molecule has 1 saturated heterocycles. The van der Waals surface area contributed by atoms with Crippen molar-refractivity contribution in [2.75, 3.05) is 38.1 Å². The van der Waals surface area contributed by atoms with Crippen molar-refractivity contribution in [1.82, 2.24) is 14.5 Å². The van der Waals surface area contributed by atoms with Crippen molar-refractivity contribution in [3.05, 3.63) is 84.4 Å². The first-order chi connectivity index (χ1) is 14.3. The first-order valence-corrected chi connectivity index (χ1v) is 10.3. The van der Waals surface area contributed by atoms with Crippen molar-refractivity contribution in [1.29, 1.82) is 0 Å². The van der Waals surface area contributed by atoms with Crippen LogP contribution in [0.4, 0.5) is 5.69 Å². The van der Waals surface area contributed by atoms with Crippen LogP contribution in [0.1, 0.15) is 5.56 Å². The highest BCUT2D eigenvalue weighted by Crippen LogP contribution is 2.27. The lowest BCUT2D eigenvalue weighted by atomic mass is 10.1. The van der Waals surface area contributed by atoms with E-state index >= 15 is 0 Å². The molecule has 0 N–H and O–H groups in total. The van der Waals surface area contributed by atoms with Crippen LogP contribution in [-0.4, -0.2) is 47.7 Å². The maximum atomic E-state index is 4.95. The van der Waals surface area contributed by atoms with Crippen molar-refractivity contribution in [2.45, 2.75) is 6.54 Å². The standard InChI is InChI=1S/C25H26N4/c1-27-14-16-28(17-15-27)22-11-7-8-20(18-22)19-29-24-13-6-5-12-23(24)26-25(29)21-9-3-2-4-10-21/h2-13,18H,14-17,19H2,1H3. The molecular weight excluding hydrogens is 356 g/mol. The largest absolute Gasteiger partial charge is 0.369 e. The summed E-state index contributed by atoms with van der Waals surface area (Å²) in [6, 6.07) is 27.9. The number of piperazine rings is 1. The minimum Gasteiger partial charge on any atom is -0.369 e. The lowest BCUT2D eigenvalue weighted by Gasteiger charge is -2.34. The van der Waals surface area contributed by atoms with E-state index in [0.717, 1.165) is 49.6 Å². The van der Waals surface area contributed by atoms with Crippen LogP contribution >= 0.6 is 0 Å². The summed E-state index contributed by atoms with van der Waals surface area (Å²) in [5, 5.41) is 0. The molecule has 0 saturated carbocycles. The van der Waals surface area contributed by atoms with E-state index < -0.39 is 0 Å². The maximum Gasteiger partial charge on any atom is 0.141 e. The topological polar surface area (TPSA) is 24.3 Å². The number of likely N-dealkylation sites (N-methyl/N-ethyl adjacent to an activating group) is 1. The summed E-state index contributed by atoms with van der Waals surface area (Å²) in [6.07, 6.45) is 0. The maximum absolute atomic E-state index is 4.95. The van der Waals surface area contributed by atoms with Gasteiger partial charge in [-0.05, 0) is 36.9 Å². The molecule has 0 amide bonds. The summed E-state index contributed by atoms with van der Waals surface area (Å²) in [7, 11) is 2.20. The Bertz CT molecular complexity index is 1110. The Hall–Kier alpha value is -3.11. The molecule has 146 valence electrons. The van der Waals surface area contributed by atoms with Crippen molar-refractivity contribution >= 4 is 16.7 Å². The van der Waals surface area contributed by atoms with E-state index in [-0.39, 0.29) is 0 Å². The number of anilines is 1. The number of rotatable bonds is 4. The number of benzene rings is 3. The van der Waals surface area contributed by atoms with Crippen molar-refractivity contribution in [3.63, 3.8) is 0 Å². The Morgan fingerprint density at radius 2 is 1.55 bits per heavy atom. The van der Waals surface area contributed by atoms with Crippen LogP contribution in [0, 0.1) is 0 Å². The Morgan fingerprint density at radius 1 is 0.793 bits per heavy atom. The van der Waals surface area contributed by atoms with Gasteiger partial charge in [-0.25, -0.2) is 4.98 Å². The van der Waals surface area contributed by atoms with Crippen LogP contribution < -0.4 is 4.90 Å². The molecular formula is C25H26N4. The molecule has 1 aromatic heterocycles. The van der Waals surface area contributed by atoms with Gasteiger partial charge in [0.2, 0.25) is 0 Å². The predicted molar refractivity (Wildman–Crippen MR) is 120 cm³/mol. The zero-order valence-corrected chi connectivity index (χ0v) is 16.8. The third kappa shape index (κ3) is 3.64. The van der Waals surface area contributed by atoms with Crippen LogP contribution in [0.2, 0.25) is 0 Å². The van der Waals surface area contributed by atoms with Gasteiger partial charge in [-0.2, -0.15) is 0 Å². The van der Waals surface area contributed by atoms with E-state index in [2.05, 4.69) is 100 Å². The molecule has 1 aliphatic rings. The third-order valence-corrected chi connectivity index (χ3v) is 5.81. The molecule has 0 spiro atoms. The fraction of sp³-hybridized carbons (Fsp3) is 0.240. The molecule has 0 unspecified atom stereocenters. The minimum absolute atomic E-state index is 0.812. The molecule has 0 bridgehead atoms. The summed E-state index contributed by atoms with van der Waals surface area (Å²) in [5.74, 6) is 1.02. The summed E-state index contributed by atoms with van der Waals surface area (Å²) in [4.78, 5) is 9.83. The second-order valence-corrected chi connectivity index (χ2v) is 7.84. The molecule has 4 aromatic rings. The van der Waals surface area contributed by atoms with Gasteiger partial charge in [0, 0.05) is 44.0 Å². The van der Waals surface area contributed by atoms with Crippen LogP contribution in [0.3, 0.4) is 0 Å². The summed E-state index contributed by atoms with van der Waals surface area (Å²) in [6.45, 7) is 5.22. The summed E-state index contributed by atoms with van der Waals surface area (Å²) >= 11 is 0. The third-order valence-electron chi connectivity index (χ3n) is 5.81. The SMILES string of the molecule is CN1CCN(c2cccc(Cn3c(-c4ccccc4)nc4ccccc43)c2)CC1. The number of imidazole rings is 1. The van der Waals surface area contributed by atoms with Gasteiger partial charge in [-0.1, -0.05) is 54.6 Å². The quantitative estimate of drug-likeness (QED) is 0.519. The zero-order valence-electron chi connectivity index (χ0n) is 16.8. The van der Waals surface area contributed by atoms with Gasteiger partial charge in [0.1, 0.15) is 5.82 Å². The molecule has 4 nitrogen and oxygen atoms in total. The van der Waals surface area contributed by atoms with Gasteiger partial charge >= 0.3 is 0 Å². The number of fused-ring (bicyclic) bond motifs is 1. The lowest BCUT2D eigenvalue weighted by molar-refractivity contribution is 0.313. The number of aromatic nitrogens is 2. The number of nitrogens with zero attached hydrogens (tertiary/aromatic N) is 4. The molecule has 0 atom stereocenters. The van der Waals surface area contributed by atoms with E-state index in [1.807, 2.05) is 0 Å². The van der Waals surface area contributed by atoms with Crippen LogP contribution in [-0.2, 0) is 6.54 Å². The van der Waals surface area contributed by atoms with Crippen molar-refractivity contribution < 1.29 is 0 Å². The normalized spacial score (nSPS) is 15.1. The molecule has 0 radical (unpaired) electrons. The molecule has 4 heteroatoms. The molecule has 0 aliphatic carbocycles. The molecule has 1 fully saturated rings. The van der Waals surface area contributed by atoms with Crippen LogP contribution in [0.5, 0.6) is 0 Å². The average Bonchev–Trinajstić information content (AvgIpc) is 3.14. The summed E-state index contributed by atoms with van der Waals surface area (Å²) in [5.41, 5.74) is 6.00. The zero-order chi connectivity index (χ0) is 19.6. The van der Waals surface area contributed by atoms with E-state index in [4.69, 9.17) is 4.98 Å². The summed E-state index contributed by atoms with van der Waals surface area (Å²) < 4.78 is 2.34. The Balaban J connectivity index is 1.51. The molecule has 5 rings (SSSR count). The Labute approximate surface area is 172 Å². The van der Waals surface area contributed by atoms with Gasteiger partial charge in [0.25, 0.3) is 0 Å². The van der Waals surface area contributed by atoms with Crippen molar-refractivity contribution in [2.24, 2.45) is 0 Å². The highest BCUT2D eigenvalue weighted by Gasteiger charge is 2.16. The Morgan fingerprint density at radius 3 is 2.38 bits per heavy atom. The van der Waals surface area contributed by atoms with Crippen molar-refractivity contribution in [3.8, 4) is 11.4 Å². The lowest BCUT2D eigenvalue weighted by Crippen LogP contribution is -2.44. The second kappa shape index (κ2) is 7.72. The number of hydrogen-bond acceptors (Lipinski definition) is 3. The predicted octanol–water partition coefficient (Wildman–Crippen LogP) is 4.50. The number of para-hydroxylation sites is 2. The fourth-order valence-electron chi connectivity index (χ4n) is 4.14. The smallest absolute Gasteiger partial charge is 0.141 e. The monoisotopic (exact) mass is 382 g/mol. The molecule has 1 aliphatic heterocycles. The fourth-order valence-corrected chi connectivity index (χ4v) is 4.14. The highest BCUT2D eigenvalue weighted by molar-refractivity contribution is 5.80. The average molecular weight is 383 g/mol. The Kier molecular flexibility index (Phi) is 4.78. The van der Waals surface area contributed by atoms with Gasteiger partial charge in [0.05, 0.1) is 11.0 Å². The molecule has 2 heterocycles. The van der Waals surface area contributed by atoms with Gasteiger partial charge in [-0.15, -0.1) is 0 Å². The van der Waals surface area contributed by atoms with Crippen LogP contribution in [0.15, 0.2) is 78.9 Å².